The zero-order valence-corrected chi connectivity index (χ0v) is 12.9. The Kier molecular flexibility index (Phi) is 3.89. The minimum absolute atomic E-state index is 0.131. The van der Waals surface area contributed by atoms with E-state index in [0.717, 1.165) is 0 Å². The van der Waals surface area contributed by atoms with Crippen LogP contribution in [-0.4, -0.2) is 22.5 Å². The van der Waals surface area contributed by atoms with Crippen LogP contribution in [0.3, 0.4) is 0 Å². The Hall–Kier alpha value is -2.64. The first kappa shape index (κ1) is 15.3. The molecule has 3 aromatic rings. The zero-order chi connectivity index (χ0) is 16.4. The van der Waals surface area contributed by atoms with Crippen LogP contribution < -0.4 is 5.73 Å². The number of rotatable bonds is 4. The van der Waals surface area contributed by atoms with E-state index in [0.29, 0.717) is 16.6 Å². The Balaban J connectivity index is 2.03. The first-order chi connectivity index (χ1) is 11.0. The maximum atomic E-state index is 12.8. The number of fused-ring (bicyclic) bond motifs is 1. The summed E-state index contributed by atoms with van der Waals surface area (Å²) < 4.78 is 26.7. The van der Waals surface area contributed by atoms with E-state index in [2.05, 4.69) is 4.98 Å². The van der Waals surface area contributed by atoms with Crippen LogP contribution in [0.2, 0.25) is 0 Å². The van der Waals surface area contributed by atoms with Crippen molar-refractivity contribution in [1.29, 1.82) is 0 Å². The van der Waals surface area contributed by atoms with Crippen molar-refractivity contribution >= 4 is 21.1 Å². The molecular formula is C16H15N3O3S. The van der Waals surface area contributed by atoms with Crippen molar-refractivity contribution in [1.82, 2.24) is 8.96 Å². The second kappa shape index (κ2) is 5.86. The van der Waals surface area contributed by atoms with Gasteiger partial charge >= 0.3 is 0 Å². The van der Waals surface area contributed by atoms with Gasteiger partial charge in [-0.05, 0) is 48.2 Å². The van der Waals surface area contributed by atoms with Crippen molar-refractivity contribution in [3.8, 4) is 0 Å². The normalized spacial score (nSPS) is 13.6. The summed E-state index contributed by atoms with van der Waals surface area (Å²) in [5.74, 6) is 0. The summed E-state index contributed by atoms with van der Waals surface area (Å²) in [6, 6.07) is 11.1. The molecule has 0 aliphatic heterocycles. The molecule has 0 aliphatic carbocycles. The number of nitrogens with two attached hydrogens (primary N) is 1. The van der Waals surface area contributed by atoms with Crippen molar-refractivity contribution < 1.29 is 13.5 Å². The fourth-order valence-electron chi connectivity index (χ4n) is 2.32. The van der Waals surface area contributed by atoms with Gasteiger partial charge in [0.1, 0.15) is 0 Å². The van der Waals surface area contributed by atoms with Crippen LogP contribution >= 0.6 is 0 Å². The SMILES string of the molecule is N/C=C/C(O)c1ccc(S(=O)(=O)n2ccc3ncccc32)cc1. The van der Waals surface area contributed by atoms with E-state index >= 15 is 0 Å². The van der Waals surface area contributed by atoms with Gasteiger partial charge in [-0.3, -0.25) is 4.98 Å². The van der Waals surface area contributed by atoms with Gasteiger partial charge in [0.25, 0.3) is 10.0 Å². The van der Waals surface area contributed by atoms with E-state index in [1.807, 2.05) is 0 Å². The number of aliphatic hydroxyl groups excluding tert-OH is 1. The third kappa shape index (κ3) is 2.71. The third-order valence-electron chi connectivity index (χ3n) is 3.49. The first-order valence-corrected chi connectivity index (χ1v) is 8.32. The van der Waals surface area contributed by atoms with Gasteiger partial charge in [0.15, 0.2) is 0 Å². The highest BCUT2D eigenvalue weighted by Gasteiger charge is 2.19. The topological polar surface area (TPSA) is 98.2 Å². The number of nitrogens with zero attached hydrogens (tertiary/aromatic N) is 2. The summed E-state index contributed by atoms with van der Waals surface area (Å²) in [6.07, 6.45) is 4.88. The molecule has 0 saturated carbocycles. The molecule has 0 amide bonds. The maximum absolute atomic E-state index is 12.8. The van der Waals surface area contributed by atoms with E-state index < -0.39 is 16.1 Å². The molecule has 6 nitrogen and oxygen atoms in total. The van der Waals surface area contributed by atoms with Gasteiger partial charge in [0.2, 0.25) is 0 Å². The van der Waals surface area contributed by atoms with Crippen LogP contribution in [-0.2, 0) is 10.0 Å². The predicted molar refractivity (Wildman–Crippen MR) is 87.0 cm³/mol. The largest absolute Gasteiger partial charge is 0.405 e. The second-order valence-electron chi connectivity index (χ2n) is 4.92. The van der Waals surface area contributed by atoms with Crippen molar-refractivity contribution in [3.05, 3.63) is 72.7 Å². The van der Waals surface area contributed by atoms with E-state index in [1.165, 1.54) is 34.6 Å². The van der Waals surface area contributed by atoms with Crippen molar-refractivity contribution in [2.45, 2.75) is 11.0 Å². The lowest BCUT2D eigenvalue weighted by Crippen LogP contribution is -2.12. The van der Waals surface area contributed by atoms with Gasteiger partial charge in [-0.2, -0.15) is 0 Å². The number of pyridine rings is 1. The molecule has 0 saturated heterocycles. The first-order valence-electron chi connectivity index (χ1n) is 6.88. The molecule has 0 bridgehead atoms. The van der Waals surface area contributed by atoms with E-state index in [-0.39, 0.29) is 4.90 Å². The van der Waals surface area contributed by atoms with Crippen molar-refractivity contribution in [3.63, 3.8) is 0 Å². The standard InChI is InChI=1S/C16H15N3O3S/c17-9-7-16(20)12-3-5-13(6-4-12)23(21,22)19-11-8-14-15(19)2-1-10-18-14/h1-11,16,20H,17H2/b9-7+. The maximum Gasteiger partial charge on any atom is 0.268 e. The fourth-order valence-corrected chi connectivity index (χ4v) is 3.66. The lowest BCUT2D eigenvalue weighted by Gasteiger charge is -2.10. The highest BCUT2D eigenvalue weighted by atomic mass is 32.2. The summed E-state index contributed by atoms with van der Waals surface area (Å²) in [6.45, 7) is 0. The van der Waals surface area contributed by atoms with E-state index in [4.69, 9.17) is 5.73 Å². The summed E-state index contributed by atoms with van der Waals surface area (Å²) in [7, 11) is -3.72. The molecule has 2 aromatic heterocycles. The highest BCUT2D eigenvalue weighted by molar-refractivity contribution is 7.90. The van der Waals surface area contributed by atoms with E-state index in [1.54, 1.807) is 36.5 Å². The van der Waals surface area contributed by atoms with Crippen LogP contribution in [0.1, 0.15) is 11.7 Å². The monoisotopic (exact) mass is 329 g/mol. The quantitative estimate of drug-likeness (QED) is 0.760. The Morgan fingerprint density at radius 1 is 1.17 bits per heavy atom. The second-order valence-corrected chi connectivity index (χ2v) is 6.74. The van der Waals surface area contributed by atoms with Crippen molar-refractivity contribution in [2.24, 2.45) is 5.73 Å². The molecule has 1 atom stereocenters. The van der Waals surface area contributed by atoms with Crippen LogP contribution in [0.5, 0.6) is 0 Å². The predicted octanol–water partition coefficient (Wildman–Crippen LogP) is 1.78. The third-order valence-corrected chi connectivity index (χ3v) is 5.20. The molecule has 0 spiro atoms. The minimum Gasteiger partial charge on any atom is -0.405 e. The molecule has 0 radical (unpaired) electrons. The van der Waals surface area contributed by atoms with Crippen LogP contribution in [0, 0.1) is 0 Å². The van der Waals surface area contributed by atoms with Crippen LogP contribution in [0.4, 0.5) is 0 Å². The molecule has 118 valence electrons. The summed E-state index contributed by atoms with van der Waals surface area (Å²) >= 11 is 0. The molecule has 1 aromatic carbocycles. The number of aliphatic hydroxyl groups is 1. The van der Waals surface area contributed by atoms with Gasteiger partial charge in [-0.15, -0.1) is 0 Å². The lowest BCUT2D eigenvalue weighted by molar-refractivity contribution is 0.228. The Morgan fingerprint density at radius 3 is 2.61 bits per heavy atom. The van der Waals surface area contributed by atoms with Gasteiger partial charge < -0.3 is 10.8 Å². The Morgan fingerprint density at radius 2 is 1.91 bits per heavy atom. The van der Waals surface area contributed by atoms with Gasteiger partial charge in [-0.25, -0.2) is 12.4 Å². The minimum atomic E-state index is -3.72. The van der Waals surface area contributed by atoms with Crippen LogP contribution in [0.25, 0.3) is 11.0 Å². The molecule has 1 unspecified atom stereocenters. The zero-order valence-electron chi connectivity index (χ0n) is 12.1. The summed E-state index contributed by atoms with van der Waals surface area (Å²) in [5.41, 5.74) is 6.92. The molecule has 3 rings (SSSR count). The average Bonchev–Trinajstić information content (AvgIpc) is 3.00. The molecule has 23 heavy (non-hydrogen) atoms. The molecule has 7 heteroatoms. The Bertz CT molecular complexity index is 960. The molecule has 3 N–H and O–H groups in total. The molecule has 0 aliphatic rings. The smallest absolute Gasteiger partial charge is 0.268 e. The lowest BCUT2D eigenvalue weighted by atomic mass is 10.1. The fraction of sp³-hybridized carbons (Fsp3) is 0.0625. The summed E-state index contributed by atoms with van der Waals surface area (Å²) in [4.78, 5) is 4.26. The molecule has 2 heterocycles. The number of hydrogen-bond donors (Lipinski definition) is 2. The van der Waals surface area contributed by atoms with Crippen LogP contribution in [0.15, 0.2) is 72.0 Å². The van der Waals surface area contributed by atoms with E-state index in [9.17, 15) is 13.5 Å². The van der Waals surface area contributed by atoms with Gasteiger partial charge in [0, 0.05) is 12.4 Å². The molecule has 0 fully saturated rings. The number of aromatic nitrogens is 2. The summed E-state index contributed by atoms with van der Waals surface area (Å²) in [5, 5.41) is 9.81. The average molecular weight is 329 g/mol. The molecular weight excluding hydrogens is 314 g/mol. The number of benzene rings is 1. The van der Waals surface area contributed by atoms with Gasteiger partial charge in [0.05, 0.1) is 22.0 Å². The highest BCUT2D eigenvalue weighted by Crippen LogP contribution is 2.22. The number of hydrogen-bond acceptors (Lipinski definition) is 5. The van der Waals surface area contributed by atoms with Crippen molar-refractivity contribution in [2.75, 3.05) is 0 Å². The van der Waals surface area contributed by atoms with Gasteiger partial charge in [-0.1, -0.05) is 12.1 Å². The Labute approximate surface area is 133 Å².